The lowest BCUT2D eigenvalue weighted by Crippen LogP contribution is -2.21. The van der Waals surface area contributed by atoms with Crippen LogP contribution in [-0.2, 0) is 0 Å². The van der Waals surface area contributed by atoms with Crippen LogP contribution in [0.1, 0.15) is 45.4 Å². The first-order valence-corrected chi connectivity index (χ1v) is 7.64. The molecule has 0 aromatic rings. The average molecular weight is 229 g/mol. The van der Waals surface area contributed by atoms with Crippen molar-refractivity contribution < 1.29 is 0 Å². The second kappa shape index (κ2) is 5.45. The molecule has 2 aliphatic rings. The number of nitrogens with zero attached hydrogens (tertiary/aromatic N) is 1. The summed E-state index contributed by atoms with van der Waals surface area (Å²) in [4.78, 5) is 4.82. The third-order valence-corrected chi connectivity index (χ3v) is 5.56. The van der Waals surface area contributed by atoms with Gasteiger partial charge in [0.25, 0.3) is 0 Å². The molecule has 0 amide bonds. The molecule has 0 spiro atoms. The molecule has 14 heavy (non-hydrogen) atoms. The normalized spacial score (nSPS) is 31.4. The van der Waals surface area contributed by atoms with Crippen molar-refractivity contribution in [3.05, 3.63) is 0 Å². The summed E-state index contributed by atoms with van der Waals surface area (Å²) in [7, 11) is 0. The van der Waals surface area contributed by atoms with E-state index in [-0.39, 0.29) is 0 Å². The van der Waals surface area contributed by atoms with E-state index in [0.29, 0.717) is 6.04 Å². The lowest BCUT2D eigenvalue weighted by molar-refractivity contribution is 0.462. The van der Waals surface area contributed by atoms with Crippen molar-refractivity contribution in [3.63, 3.8) is 0 Å². The Kier molecular flexibility index (Phi) is 4.24. The summed E-state index contributed by atoms with van der Waals surface area (Å²) >= 11 is 4.05. The number of aliphatic imine (C=N–C) groups is 1. The number of thioether (sulfide) groups is 2. The van der Waals surface area contributed by atoms with Crippen LogP contribution in [0.2, 0.25) is 0 Å². The molecular weight excluding hydrogens is 210 g/mol. The fourth-order valence-corrected chi connectivity index (χ4v) is 4.84. The third kappa shape index (κ3) is 2.69. The minimum absolute atomic E-state index is 0.679. The molecule has 80 valence electrons. The molecule has 0 N–H and O–H groups in total. The van der Waals surface area contributed by atoms with Gasteiger partial charge in [0.05, 0.1) is 6.04 Å². The zero-order valence-corrected chi connectivity index (χ0v) is 10.5. The van der Waals surface area contributed by atoms with Crippen LogP contribution >= 0.6 is 23.5 Å². The van der Waals surface area contributed by atoms with Gasteiger partial charge in [-0.15, -0.1) is 0 Å². The average Bonchev–Trinajstić information content (AvgIpc) is 2.60. The highest BCUT2D eigenvalue weighted by atomic mass is 32.2. The van der Waals surface area contributed by atoms with Gasteiger partial charge in [0.15, 0.2) is 0 Å². The fraction of sp³-hybridized carbons (Fsp3) is 0.909. The van der Waals surface area contributed by atoms with Gasteiger partial charge in [-0.25, -0.2) is 0 Å². The maximum atomic E-state index is 4.82. The standard InChI is InChI=1S/C11H19NS2/c1-2-3-8-13-11-12-9-6-4-5-7-10(9)14-11/h9-10H,2-8H2,1H3/t9-,10+/m0/s1. The number of fused-ring (bicyclic) bond motifs is 1. The first kappa shape index (κ1) is 10.9. The van der Waals surface area contributed by atoms with Crippen molar-refractivity contribution >= 4 is 27.9 Å². The summed E-state index contributed by atoms with van der Waals surface area (Å²) in [5.74, 6) is 1.27. The second-order valence-corrected chi connectivity index (χ2v) is 6.68. The summed E-state index contributed by atoms with van der Waals surface area (Å²) in [6.07, 6.45) is 8.21. The SMILES string of the molecule is CCCCSC1=N[C@H]2CCCC[C@H]2S1. The van der Waals surface area contributed by atoms with Crippen LogP contribution in [0.3, 0.4) is 0 Å². The molecule has 0 bridgehead atoms. The van der Waals surface area contributed by atoms with Gasteiger partial charge < -0.3 is 0 Å². The predicted octanol–water partition coefficient (Wildman–Crippen LogP) is 3.93. The largest absolute Gasteiger partial charge is 0.267 e. The number of rotatable bonds is 3. The van der Waals surface area contributed by atoms with Gasteiger partial charge in [-0.05, 0) is 25.0 Å². The fourth-order valence-electron chi connectivity index (χ4n) is 2.03. The molecule has 1 nitrogen and oxygen atoms in total. The Hall–Kier alpha value is 0.370. The smallest absolute Gasteiger partial charge is 0.125 e. The van der Waals surface area contributed by atoms with Crippen LogP contribution in [0.15, 0.2) is 4.99 Å². The Morgan fingerprint density at radius 2 is 2.29 bits per heavy atom. The Morgan fingerprint density at radius 1 is 1.43 bits per heavy atom. The molecule has 1 saturated carbocycles. The molecule has 1 aliphatic carbocycles. The topological polar surface area (TPSA) is 12.4 Å². The van der Waals surface area contributed by atoms with Gasteiger partial charge in [0.1, 0.15) is 4.38 Å². The quantitative estimate of drug-likeness (QED) is 0.680. The third-order valence-electron chi connectivity index (χ3n) is 2.91. The van der Waals surface area contributed by atoms with Crippen LogP contribution < -0.4 is 0 Å². The first-order chi connectivity index (χ1) is 6.90. The maximum Gasteiger partial charge on any atom is 0.125 e. The Morgan fingerprint density at radius 3 is 3.07 bits per heavy atom. The van der Waals surface area contributed by atoms with E-state index in [0.717, 1.165) is 5.25 Å². The molecule has 0 radical (unpaired) electrons. The molecule has 0 unspecified atom stereocenters. The van der Waals surface area contributed by atoms with E-state index < -0.39 is 0 Å². The van der Waals surface area contributed by atoms with E-state index in [1.54, 1.807) is 0 Å². The molecule has 1 fully saturated rings. The summed E-state index contributed by atoms with van der Waals surface area (Å²) in [6.45, 7) is 2.25. The van der Waals surface area contributed by atoms with E-state index in [4.69, 9.17) is 4.99 Å². The minimum atomic E-state index is 0.679. The van der Waals surface area contributed by atoms with Crippen LogP contribution in [-0.4, -0.2) is 21.4 Å². The zero-order chi connectivity index (χ0) is 9.80. The van der Waals surface area contributed by atoms with Crippen LogP contribution in [0.4, 0.5) is 0 Å². The van der Waals surface area contributed by atoms with E-state index >= 15 is 0 Å². The molecule has 1 heterocycles. The molecule has 0 saturated heterocycles. The molecule has 2 rings (SSSR count). The Bertz CT molecular complexity index is 215. The van der Waals surface area contributed by atoms with Crippen molar-refractivity contribution in [2.75, 3.05) is 5.75 Å². The molecule has 1 aliphatic heterocycles. The molecule has 3 heteroatoms. The summed E-state index contributed by atoms with van der Waals surface area (Å²) in [6, 6.07) is 0.679. The van der Waals surface area contributed by atoms with E-state index in [9.17, 15) is 0 Å². The monoisotopic (exact) mass is 229 g/mol. The molecule has 2 atom stereocenters. The first-order valence-electron chi connectivity index (χ1n) is 5.77. The van der Waals surface area contributed by atoms with Gasteiger partial charge >= 0.3 is 0 Å². The van der Waals surface area contributed by atoms with Gasteiger partial charge in [-0.3, -0.25) is 4.99 Å². The van der Waals surface area contributed by atoms with E-state index in [1.165, 1.54) is 48.7 Å². The van der Waals surface area contributed by atoms with Crippen molar-refractivity contribution in [2.24, 2.45) is 4.99 Å². The van der Waals surface area contributed by atoms with E-state index in [1.807, 2.05) is 11.8 Å². The summed E-state index contributed by atoms with van der Waals surface area (Å²) in [5.41, 5.74) is 0. The maximum absolute atomic E-state index is 4.82. The highest BCUT2D eigenvalue weighted by Gasteiger charge is 2.31. The second-order valence-electron chi connectivity index (χ2n) is 4.11. The van der Waals surface area contributed by atoms with Crippen LogP contribution in [0.5, 0.6) is 0 Å². The predicted molar refractivity (Wildman–Crippen MR) is 68.4 cm³/mol. The Labute approximate surface area is 95.5 Å². The van der Waals surface area contributed by atoms with Crippen molar-refractivity contribution in [2.45, 2.75) is 56.7 Å². The molecular formula is C11H19NS2. The number of hydrogen-bond acceptors (Lipinski definition) is 3. The van der Waals surface area contributed by atoms with Crippen LogP contribution in [0, 0.1) is 0 Å². The number of hydrogen-bond donors (Lipinski definition) is 0. The van der Waals surface area contributed by atoms with E-state index in [2.05, 4.69) is 18.7 Å². The summed E-state index contributed by atoms with van der Waals surface area (Å²) < 4.78 is 1.38. The number of unbranched alkanes of at least 4 members (excludes halogenated alkanes) is 1. The summed E-state index contributed by atoms with van der Waals surface area (Å²) in [5, 5.41) is 0.841. The molecule has 0 aromatic carbocycles. The highest BCUT2D eigenvalue weighted by molar-refractivity contribution is 8.39. The van der Waals surface area contributed by atoms with Gasteiger partial charge in [0.2, 0.25) is 0 Å². The van der Waals surface area contributed by atoms with Gasteiger partial charge in [-0.1, -0.05) is 49.7 Å². The molecule has 0 aromatic heterocycles. The van der Waals surface area contributed by atoms with Crippen molar-refractivity contribution in [3.8, 4) is 0 Å². The van der Waals surface area contributed by atoms with Crippen LogP contribution in [0.25, 0.3) is 0 Å². The minimum Gasteiger partial charge on any atom is -0.267 e. The lowest BCUT2D eigenvalue weighted by atomic mass is 9.96. The Balaban J connectivity index is 1.77. The zero-order valence-electron chi connectivity index (χ0n) is 8.87. The lowest BCUT2D eigenvalue weighted by Gasteiger charge is -2.21. The van der Waals surface area contributed by atoms with Crippen molar-refractivity contribution in [1.29, 1.82) is 0 Å². The van der Waals surface area contributed by atoms with Gasteiger partial charge in [-0.2, -0.15) is 0 Å². The van der Waals surface area contributed by atoms with Gasteiger partial charge in [0, 0.05) is 5.25 Å². The highest BCUT2D eigenvalue weighted by Crippen LogP contribution is 2.40. The van der Waals surface area contributed by atoms with Crippen molar-refractivity contribution in [1.82, 2.24) is 0 Å².